The molecule has 1 aliphatic rings. The lowest BCUT2D eigenvalue weighted by molar-refractivity contribution is 0.378. The lowest BCUT2D eigenvalue weighted by atomic mass is 9.97. The van der Waals surface area contributed by atoms with Crippen LogP contribution in [0.5, 0.6) is 0 Å². The molecule has 1 aromatic rings. The summed E-state index contributed by atoms with van der Waals surface area (Å²) in [5, 5.41) is 3.49. The van der Waals surface area contributed by atoms with E-state index in [4.69, 9.17) is 0 Å². The van der Waals surface area contributed by atoms with Crippen molar-refractivity contribution in [2.24, 2.45) is 5.92 Å². The Morgan fingerprint density at radius 2 is 2.05 bits per heavy atom. The molecule has 21 heavy (non-hydrogen) atoms. The molecule has 1 heterocycles. The van der Waals surface area contributed by atoms with Crippen LogP contribution in [0.25, 0.3) is 0 Å². The number of para-hydroxylation sites is 1. The molecule has 2 rings (SSSR count). The fraction of sp³-hybridized carbons (Fsp3) is 0.625. The molecular formula is C16H26N2O2S. The number of hydrogen-bond donors (Lipinski definition) is 1. The number of rotatable bonds is 5. The van der Waals surface area contributed by atoms with E-state index in [-0.39, 0.29) is 0 Å². The average molecular weight is 310 g/mol. The third kappa shape index (κ3) is 4.45. The van der Waals surface area contributed by atoms with Gasteiger partial charge in [-0.25, -0.2) is 8.42 Å². The van der Waals surface area contributed by atoms with E-state index in [2.05, 4.69) is 24.1 Å². The van der Waals surface area contributed by atoms with E-state index < -0.39 is 9.84 Å². The lowest BCUT2D eigenvalue weighted by Crippen LogP contribution is -2.41. The molecule has 0 radical (unpaired) electrons. The Kier molecular flexibility index (Phi) is 5.27. The molecule has 1 saturated heterocycles. The molecule has 1 atom stereocenters. The van der Waals surface area contributed by atoms with Crippen molar-refractivity contribution in [3.05, 3.63) is 24.3 Å². The van der Waals surface area contributed by atoms with Crippen molar-refractivity contribution in [2.75, 3.05) is 30.8 Å². The summed E-state index contributed by atoms with van der Waals surface area (Å²) in [5.41, 5.74) is 0.856. The van der Waals surface area contributed by atoms with Crippen LogP contribution in [-0.4, -0.2) is 40.3 Å². The first kappa shape index (κ1) is 16.3. The van der Waals surface area contributed by atoms with Crippen molar-refractivity contribution in [3.8, 4) is 0 Å². The first-order valence-electron chi connectivity index (χ1n) is 7.65. The summed E-state index contributed by atoms with van der Waals surface area (Å²) in [6, 6.07) is 7.83. The van der Waals surface area contributed by atoms with E-state index in [9.17, 15) is 8.42 Å². The smallest absolute Gasteiger partial charge is 0.177 e. The Morgan fingerprint density at radius 3 is 2.71 bits per heavy atom. The summed E-state index contributed by atoms with van der Waals surface area (Å²) < 4.78 is 23.9. The average Bonchev–Trinajstić information content (AvgIpc) is 2.44. The van der Waals surface area contributed by atoms with Gasteiger partial charge < -0.3 is 10.2 Å². The fourth-order valence-electron chi connectivity index (χ4n) is 2.88. The van der Waals surface area contributed by atoms with Crippen molar-refractivity contribution in [2.45, 2.75) is 37.6 Å². The van der Waals surface area contributed by atoms with Crippen LogP contribution in [0.2, 0.25) is 0 Å². The van der Waals surface area contributed by atoms with Crippen molar-refractivity contribution in [1.82, 2.24) is 5.32 Å². The second-order valence-electron chi connectivity index (χ2n) is 6.26. The molecule has 5 heteroatoms. The predicted molar refractivity (Wildman–Crippen MR) is 87.6 cm³/mol. The maximum atomic E-state index is 12.0. The molecule has 4 nitrogen and oxygen atoms in total. The number of anilines is 1. The maximum absolute atomic E-state index is 12.0. The lowest BCUT2D eigenvalue weighted by Gasteiger charge is -2.35. The molecule has 1 N–H and O–H groups in total. The Labute approximate surface area is 128 Å². The molecule has 0 spiro atoms. The van der Waals surface area contributed by atoms with E-state index in [0.717, 1.165) is 31.7 Å². The van der Waals surface area contributed by atoms with Gasteiger partial charge in [0, 0.05) is 25.4 Å². The summed E-state index contributed by atoms with van der Waals surface area (Å²) in [5.74, 6) is 0.578. The Hall–Kier alpha value is -1.07. The van der Waals surface area contributed by atoms with Gasteiger partial charge in [0.25, 0.3) is 0 Å². The minimum atomic E-state index is -3.18. The third-order valence-corrected chi connectivity index (χ3v) is 5.08. The standard InChI is InChI=1S/C16H26N2O2S/c1-13(2)17-11-14-7-6-10-18(12-14)15-8-4-5-9-16(15)21(3,19)20/h4-5,8-9,13-14,17H,6-7,10-12H2,1-3H3. The molecular weight excluding hydrogens is 284 g/mol. The number of nitrogens with one attached hydrogen (secondary N) is 1. The van der Waals surface area contributed by atoms with Crippen molar-refractivity contribution < 1.29 is 8.42 Å². The summed E-state index contributed by atoms with van der Waals surface area (Å²) in [7, 11) is -3.18. The van der Waals surface area contributed by atoms with Crippen molar-refractivity contribution in [1.29, 1.82) is 0 Å². The highest BCUT2D eigenvalue weighted by Gasteiger charge is 2.24. The highest BCUT2D eigenvalue weighted by Crippen LogP contribution is 2.29. The number of hydrogen-bond acceptors (Lipinski definition) is 4. The largest absolute Gasteiger partial charge is 0.370 e. The molecule has 1 aromatic carbocycles. The molecule has 0 saturated carbocycles. The number of sulfone groups is 1. The molecule has 1 unspecified atom stereocenters. The summed E-state index contributed by atoms with van der Waals surface area (Å²) in [6.07, 6.45) is 3.60. The zero-order valence-corrected chi connectivity index (χ0v) is 14.0. The van der Waals surface area contributed by atoms with Gasteiger partial charge in [-0.05, 0) is 37.4 Å². The summed E-state index contributed by atoms with van der Waals surface area (Å²) >= 11 is 0. The number of piperidine rings is 1. The van der Waals surface area contributed by atoms with Crippen LogP contribution in [-0.2, 0) is 9.84 Å². The Bertz CT molecular complexity index is 569. The number of benzene rings is 1. The zero-order chi connectivity index (χ0) is 15.5. The fourth-order valence-corrected chi connectivity index (χ4v) is 3.79. The predicted octanol–water partition coefficient (Wildman–Crippen LogP) is 2.30. The van der Waals surface area contributed by atoms with Gasteiger partial charge in [0.05, 0.1) is 10.6 Å². The van der Waals surface area contributed by atoms with Crippen molar-refractivity contribution in [3.63, 3.8) is 0 Å². The second kappa shape index (κ2) is 6.79. The van der Waals surface area contributed by atoms with Crippen LogP contribution < -0.4 is 10.2 Å². The van der Waals surface area contributed by atoms with E-state index in [1.165, 1.54) is 12.7 Å². The monoisotopic (exact) mass is 310 g/mol. The van der Waals surface area contributed by atoms with Gasteiger partial charge in [-0.3, -0.25) is 0 Å². The van der Waals surface area contributed by atoms with Gasteiger partial charge >= 0.3 is 0 Å². The zero-order valence-electron chi connectivity index (χ0n) is 13.2. The molecule has 0 amide bonds. The topological polar surface area (TPSA) is 49.4 Å². The van der Waals surface area contributed by atoms with Gasteiger partial charge in [-0.15, -0.1) is 0 Å². The molecule has 1 aliphatic heterocycles. The first-order valence-corrected chi connectivity index (χ1v) is 9.54. The Balaban J connectivity index is 2.15. The highest BCUT2D eigenvalue weighted by molar-refractivity contribution is 7.90. The molecule has 0 aliphatic carbocycles. The normalized spacial score (nSPS) is 20.0. The van der Waals surface area contributed by atoms with Crippen LogP contribution in [0.4, 0.5) is 5.69 Å². The Morgan fingerprint density at radius 1 is 1.33 bits per heavy atom. The van der Waals surface area contributed by atoms with Gasteiger partial charge in [-0.2, -0.15) is 0 Å². The summed E-state index contributed by atoms with van der Waals surface area (Å²) in [4.78, 5) is 2.68. The number of nitrogens with zero attached hydrogens (tertiary/aromatic N) is 1. The van der Waals surface area contributed by atoms with Crippen LogP contribution in [0.15, 0.2) is 29.2 Å². The minimum absolute atomic E-state index is 0.447. The van der Waals surface area contributed by atoms with Crippen LogP contribution in [0.1, 0.15) is 26.7 Å². The van der Waals surface area contributed by atoms with Gasteiger partial charge in [0.15, 0.2) is 9.84 Å². The SMILES string of the molecule is CC(C)NCC1CCCN(c2ccccc2S(C)(=O)=O)C1. The molecule has 118 valence electrons. The molecule has 1 fully saturated rings. The summed E-state index contributed by atoms with van der Waals surface area (Å²) in [6.45, 7) is 7.16. The van der Waals surface area contributed by atoms with Gasteiger partial charge in [0.2, 0.25) is 0 Å². The minimum Gasteiger partial charge on any atom is -0.370 e. The quantitative estimate of drug-likeness (QED) is 0.906. The second-order valence-corrected chi connectivity index (χ2v) is 8.24. The van der Waals surface area contributed by atoms with Gasteiger partial charge in [0.1, 0.15) is 0 Å². The highest BCUT2D eigenvalue weighted by atomic mass is 32.2. The molecule has 0 bridgehead atoms. The van der Waals surface area contributed by atoms with Crippen LogP contribution >= 0.6 is 0 Å². The van der Waals surface area contributed by atoms with Gasteiger partial charge in [-0.1, -0.05) is 26.0 Å². The van der Waals surface area contributed by atoms with Crippen LogP contribution in [0.3, 0.4) is 0 Å². The first-order chi connectivity index (χ1) is 9.88. The van der Waals surface area contributed by atoms with E-state index >= 15 is 0 Å². The van der Waals surface area contributed by atoms with Crippen LogP contribution in [0, 0.1) is 5.92 Å². The maximum Gasteiger partial charge on any atom is 0.177 e. The van der Waals surface area contributed by atoms with E-state index in [1.54, 1.807) is 12.1 Å². The van der Waals surface area contributed by atoms with E-state index in [1.807, 2.05) is 12.1 Å². The molecule has 0 aromatic heterocycles. The van der Waals surface area contributed by atoms with Crippen molar-refractivity contribution >= 4 is 15.5 Å². The third-order valence-electron chi connectivity index (χ3n) is 3.94. The van der Waals surface area contributed by atoms with E-state index in [0.29, 0.717) is 16.9 Å².